The second-order valence-corrected chi connectivity index (χ2v) is 16.5. The maximum Gasteiger partial charge on any atom is 0.407 e. The van der Waals surface area contributed by atoms with Crippen LogP contribution in [0.4, 0.5) is 4.79 Å². The molecule has 0 aromatic carbocycles. The summed E-state index contributed by atoms with van der Waals surface area (Å²) in [5.41, 5.74) is -4.85. The van der Waals surface area contributed by atoms with E-state index in [1.54, 1.807) is 19.1 Å². The molecule has 50 heavy (non-hydrogen) atoms. The van der Waals surface area contributed by atoms with Crippen molar-refractivity contribution in [1.29, 1.82) is 0 Å². The maximum atomic E-state index is 14.9. The lowest BCUT2D eigenvalue weighted by molar-refractivity contribution is -0.191. The van der Waals surface area contributed by atoms with Crippen LogP contribution in [0.5, 0.6) is 0 Å². The van der Waals surface area contributed by atoms with Crippen molar-refractivity contribution in [2.45, 2.75) is 174 Å². The van der Waals surface area contributed by atoms with Gasteiger partial charge in [-0.3, -0.25) is 9.59 Å². The summed E-state index contributed by atoms with van der Waals surface area (Å²) in [6.07, 6.45) is 16.8. The highest BCUT2D eigenvalue weighted by Gasteiger charge is 2.83. The molecule has 8 atom stereocenters. The van der Waals surface area contributed by atoms with E-state index in [9.17, 15) is 29.7 Å². The van der Waals surface area contributed by atoms with Gasteiger partial charge in [0.2, 0.25) is 0 Å². The van der Waals surface area contributed by atoms with E-state index in [4.69, 9.17) is 9.47 Å². The molecule has 0 heterocycles. The molecule has 9 nitrogen and oxygen atoms in total. The van der Waals surface area contributed by atoms with Crippen molar-refractivity contribution >= 4 is 17.8 Å². The lowest BCUT2D eigenvalue weighted by Crippen LogP contribution is -2.66. The van der Waals surface area contributed by atoms with Crippen molar-refractivity contribution in [3.05, 3.63) is 23.3 Å². The first kappa shape index (κ1) is 40.5. The number of hydrogen-bond acceptors (Lipinski definition) is 8. The highest BCUT2D eigenvalue weighted by atomic mass is 16.6. The van der Waals surface area contributed by atoms with Gasteiger partial charge < -0.3 is 30.1 Å². The van der Waals surface area contributed by atoms with Crippen LogP contribution in [0.1, 0.15) is 151 Å². The van der Waals surface area contributed by atoms with Crippen LogP contribution in [0.2, 0.25) is 0 Å². The molecule has 2 bridgehead atoms. The van der Waals surface area contributed by atoms with Crippen molar-refractivity contribution in [2.24, 2.45) is 28.6 Å². The molecule has 2 saturated carbocycles. The van der Waals surface area contributed by atoms with Gasteiger partial charge in [0, 0.05) is 30.2 Å². The topological polar surface area (TPSA) is 142 Å². The van der Waals surface area contributed by atoms with E-state index in [0.29, 0.717) is 25.0 Å². The summed E-state index contributed by atoms with van der Waals surface area (Å²) in [6.45, 7) is 11.8. The number of carbonyl (C=O) groups is 3. The number of allylic oxidation sites excluding steroid dienone is 1. The molecule has 4 aliphatic rings. The van der Waals surface area contributed by atoms with Gasteiger partial charge in [0.05, 0.1) is 12.0 Å². The number of nitrogens with one attached hydrogen (secondary N) is 1. The van der Waals surface area contributed by atoms with Crippen LogP contribution < -0.4 is 5.32 Å². The molecule has 4 N–H and O–H groups in total. The van der Waals surface area contributed by atoms with E-state index < -0.39 is 64.7 Å². The molecule has 4 rings (SSSR count). The molecule has 1 amide bonds. The summed E-state index contributed by atoms with van der Waals surface area (Å²) >= 11 is 0. The second kappa shape index (κ2) is 17.1. The van der Waals surface area contributed by atoms with E-state index >= 15 is 0 Å². The summed E-state index contributed by atoms with van der Waals surface area (Å²) in [5.74, 6) is -2.41. The van der Waals surface area contributed by atoms with Gasteiger partial charge in [-0.2, -0.15) is 0 Å². The van der Waals surface area contributed by atoms with E-state index in [0.717, 1.165) is 51.4 Å². The molecule has 0 aliphatic heterocycles. The van der Waals surface area contributed by atoms with Gasteiger partial charge >= 0.3 is 12.1 Å². The third-order valence-corrected chi connectivity index (χ3v) is 12.8. The molecule has 0 aromatic heterocycles. The Bertz CT molecular complexity index is 1260. The number of Topliss-reactive ketones (excluding diaryl/α,β-unsaturated/α-hetero) is 1. The quantitative estimate of drug-likeness (QED) is 0.0581. The standard InChI is InChI=1S/C41H67NO8/c1-7-9-11-13-15-16-17-18-20-22-32(44)50-40-26-29(4)39-25-28(3)36(49-37(47)42-23-21-19-14-12-10-8-2)41(39,48)34(45)30(27-43)24-31(35(39)46)33(40)38(40,5)6/h24-25,29,31,33-34,36,43,45,48H,7-23,26-27H2,1-6H3,(H,42,47)/t29-,31+,33-,34-,36+,39+,40+,41+/m1/s1. The Balaban J connectivity index is 1.51. The second-order valence-electron chi connectivity index (χ2n) is 16.5. The predicted molar refractivity (Wildman–Crippen MR) is 194 cm³/mol. The zero-order valence-corrected chi connectivity index (χ0v) is 31.9. The molecule has 0 unspecified atom stereocenters. The largest absolute Gasteiger partial charge is 0.458 e. The number of rotatable bonds is 20. The first-order chi connectivity index (χ1) is 23.8. The number of amides is 1. The van der Waals surface area contributed by atoms with Crippen LogP contribution in [0.3, 0.4) is 0 Å². The molecule has 2 fully saturated rings. The minimum atomic E-state index is -2.27. The molecule has 9 heteroatoms. The lowest BCUT2D eigenvalue weighted by atomic mass is 9.59. The van der Waals surface area contributed by atoms with E-state index in [1.807, 2.05) is 20.8 Å². The van der Waals surface area contributed by atoms with Crippen LogP contribution in [0.25, 0.3) is 0 Å². The molecular formula is C41H67NO8. The van der Waals surface area contributed by atoms with Crippen LogP contribution in [-0.2, 0) is 19.1 Å². The first-order valence-electron chi connectivity index (χ1n) is 19.9. The minimum absolute atomic E-state index is 0.101. The Kier molecular flexibility index (Phi) is 13.8. The normalized spacial score (nSPS) is 33.7. The Labute approximate surface area is 301 Å². The van der Waals surface area contributed by atoms with Gasteiger partial charge in [0.25, 0.3) is 0 Å². The third-order valence-electron chi connectivity index (χ3n) is 12.8. The number of hydrogen-bond donors (Lipinski definition) is 4. The van der Waals surface area contributed by atoms with E-state index in [2.05, 4.69) is 19.2 Å². The molecule has 0 saturated heterocycles. The van der Waals surface area contributed by atoms with E-state index in [-0.39, 0.29) is 17.3 Å². The molecule has 1 spiro atoms. The Morgan fingerprint density at radius 3 is 2.06 bits per heavy atom. The molecule has 0 radical (unpaired) electrons. The summed E-state index contributed by atoms with van der Waals surface area (Å²) < 4.78 is 12.3. The number of ketones is 1. The first-order valence-corrected chi connectivity index (χ1v) is 19.9. The maximum absolute atomic E-state index is 14.9. The summed E-state index contributed by atoms with van der Waals surface area (Å²) in [7, 11) is 0. The van der Waals surface area contributed by atoms with Crippen molar-refractivity contribution in [3.8, 4) is 0 Å². The summed E-state index contributed by atoms with van der Waals surface area (Å²) in [6, 6.07) is 0. The summed E-state index contributed by atoms with van der Waals surface area (Å²) in [5, 5.41) is 37.9. The van der Waals surface area contributed by atoms with Crippen molar-refractivity contribution < 1.29 is 39.2 Å². The fourth-order valence-corrected chi connectivity index (χ4v) is 9.97. The highest BCUT2D eigenvalue weighted by molar-refractivity contribution is 5.96. The van der Waals surface area contributed by atoms with Crippen molar-refractivity contribution in [1.82, 2.24) is 5.32 Å². The number of ether oxygens (including phenoxy) is 2. The van der Waals surface area contributed by atoms with E-state index in [1.165, 1.54) is 44.9 Å². The van der Waals surface area contributed by atoms with Crippen molar-refractivity contribution in [2.75, 3.05) is 13.2 Å². The zero-order valence-electron chi connectivity index (χ0n) is 31.9. The predicted octanol–water partition coefficient (Wildman–Crippen LogP) is 7.50. The number of carbonyl (C=O) groups excluding carboxylic acids is 3. The Hall–Kier alpha value is -2.23. The fourth-order valence-electron chi connectivity index (χ4n) is 9.97. The van der Waals surface area contributed by atoms with Gasteiger partial charge in [0.15, 0.2) is 17.5 Å². The zero-order chi connectivity index (χ0) is 36.7. The van der Waals surface area contributed by atoms with Crippen LogP contribution in [0.15, 0.2) is 23.3 Å². The number of fused-ring (bicyclic) bond motifs is 3. The highest BCUT2D eigenvalue weighted by Crippen LogP contribution is 2.75. The van der Waals surface area contributed by atoms with Crippen LogP contribution in [0, 0.1) is 28.6 Å². The number of aliphatic hydroxyl groups excluding tert-OH is 2. The van der Waals surface area contributed by atoms with Crippen molar-refractivity contribution in [3.63, 3.8) is 0 Å². The molecule has 4 aliphatic carbocycles. The Morgan fingerprint density at radius 1 is 0.920 bits per heavy atom. The van der Waals surface area contributed by atoms with Gasteiger partial charge in [-0.05, 0) is 43.3 Å². The minimum Gasteiger partial charge on any atom is -0.458 e. The smallest absolute Gasteiger partial charge is 0.407 e. The summed E-state index contributed by atoms with van der Waals surface area (Å²) in [4.78, 5) is 41.5. The van der Waals surface area contributed by atoms with Gasteiger partial charge in [-0.1, -0.05) is 130 Å². The Morgan fingerprint density at radius 2 is 1.48 bits per heavy atom. The van der Waals surface area contributed by atoms with Gasteiger partial charge in [-0.25, -0.2) is 4.79 Å². The molecular weight excluding hydrogens is 634 g/mol. The average Bonchev–Trinajstić information content (AvgIpc) is 3.47. The average molecular weight is 702 g/mol. The molecule has 0 aromatic rings. The van der Waals surface area contributed by atoms with Crippen LogP contribution >= 0.6 is 0 Å². The SMILES string of the molecule is CCCCCCCCCCCC(=O)O[C@@]12C[C@@H](C)[C@]34C=C(C)[C@H](OC(=O)NCCCCCCCC)[C@@]3(O)[C@H](O)C(CO)=C[C@H](C4=O)[C@@H]1C2(C)C. The third kappa shape index (κ3) is 7.48. The van der Waals surface area contributed by atoms with Crippen LogP contribution in [-0.4, -0.2) is 69.7 Å². The molecule has 284 valence electrons. The number of aliphatic hydroxyl groups is 3. The lowest BCUT2D eigenvalue weighted by Gasteiger charge is -2.49. The van der Waals surface area contributed by atoms with Gasteiger partial charge in [-0.15, -0.1) is 0 Å². The van der Waals surface area contributed by atoms with Gasteiger partial charge in [0.1, 0.15) is 11.7 Å². The number of unbranched alkanes of at least 4 members (excludes halogenated alkanes) is 13. The number of esters is 1. The fraction of sp³-hybridized carbons (Fsp3) is 0.829. The number of alkyl carbamates (subject to hydrolysis) is 1. The monoisotopic (exact) mass is 701 g/mol.